The number of nitrogens with one attached hydrogen (secondary N) is 1. The summed E-state index contributed by atoms with van der Waals surface area (Å²) < 4.78 is 8.00. The van der Waals surface area contributed by atoms with Crippen LogP contribution in [0, 0.1) is 0 Å². The number of hydrogen-bond donors (Lipinski definition) is 2. The fraction of sp³-hybridized carbons (Fsp3) is 0.417. The van der Waals surface area contributed by atoms with Gasteiger partial charge in [0, 0.05) is 56.9 Å². The minimum atomic E-state index is -0.556. The Bertz CT molecular complexity index is 1100. The summed E-state index contributed by atoms with van der Waals surface area (Å²) in [5.74, 6) is 1.10. The molecule has 2 aliphatic heterocycles. The van der Waals surface area contributed by atoms with Gasteiger partial charge in [0.1, 0.15) is 11.4 Å². The van der Waals surface area contributed by atoms with Gasteiger partial charge in [-0.1, -0.05) is 12.1 Å². The number of pyridine rings is 1. The lowest BCUT2D eigenvalue weighted by atomic mass is 10.1. The number of ether oxygens (including phenoxy) is 1. The van der Waals surface area contributed by atoms with Crippen LogP contribution in [-0.4, -0.2) is 59.8 Å². The van der Waals surface area contributed by atoms with Gasteiger partial charge in [0.2, 0.25) is 0 Å². The number of aryl methyl sites for hydroxylation is 1. The third-order valence-corrected chi connectivity index (χ3v) is 6.42. The number of fused-ring (bicyclic) bond motifs is 2. The molecular formula is C24H30N6O2. The molecule has 0 unspecified atom stereocenters. The molecule has 2 aromatic heterocycles. The van der Waals surface area contributed by atoms with Crippen LogP contribution in [0.25, 0.3) is 11.0 Å². The molecule has 1 saturated heterocycles. The lowest BCUT2D eigenvalue weighted by Gasteiger charge is -2.36. The van der Waals surface area contributed by atoms with Crippen molar-refractivity contribution >= 4 is 28.4 Å². The molecular weight excluding hydrogens is 404 g/mol. The van der Waals surface area contributed by atoms with Crippen molar-refractivity contribution < 1.29 is 9.53 Å². The van der Waals surface area contributed by atoms with E-state index >= 15 is 0 Å². The third-order valence-electron chi connectivity index (χ3n) is 6.42. The molecule has 0 atom stereocenters. The summed E-state index contributed by atoms with van der Waals surface area (Å²) in [6.45, 7) is 6.98. The van der Waals surface area contributed by atoms with Gasteiger partial charge in [-0.25, -0.2) is 9.78 Å². The van der Waals surface area contributed by atoms with Crippen LogP contribution in [0.3, 0.4) is 0 Å². The number of hydrogen-bond acceptors (Lipinski definition) is 5. The highest BCUT2D eigenvalue weighted by atomic mass is 16.5. The van der Waals surface area contributed by atoms with E-state index in [4.69, 9.17) is 10.5 Å². The van der Waals surface area contributed by atoms with Crippen molar-refractivity contribution in [1.82, 2.24) is 14.5 Å². The number of amides is 2. The van der Waals surface area contributed by atoms with Crippen LogP contribution in [-0.2, 0) is 13.0 Å². The zero-order valence-corrected chi connectivity index (χ0v) is 18.3. The van der Waals surface area contributed by atoms with Crippen LogP contribution < -0.4 is 20.7 Å². The third kappa shape index (κ3) is 4.23. The smallest absolute Gasteiger partial charge is 0.316 e. The van der Waals surface area contributed by atoms with E-state index in [9.17, 15) is 4.79 Å². The lowest BCUT2D eigenvalue weighted by molar-refractivity contribution is 0.250. The van der Waals surface area contributed by atoms with Gasteiger partial charge in [-0.3, -0.25) is 4.90 Å². The number of piperazine rings is 1. The Balaban J connectivity index is 1.11. The van der Waals surface area contributed by atoms with Gasteiger partial charge in [-0.2, -0.15) is 0 Å². The zero-order valence-electron chi connectivity index (χ0n) is 18.3. The van der Waals surface area contributed by atoms with Gasteiger partial charge in [-0.05, 0) is 43.1 Å². The molecule has 0 bridgehead atoms. The quantitative estimate of drug-likeness (QED) is 0.558. The molecule has 0 aliphatic carbocycles. The van der Waals surface area contributed by atoms with E-state index in [1.165, 1.54) is 11.3 Å². The van der Waals surface area contributed by atoms with Crippen molar-refractivity contribution in [3.05, 3.63) is 48.3 Å². The van der Waals surface area contributed by atoms with E-state index in [1.54, 1.807) is 6.20 Å². The summed E-state index contributed by atoms with van der Waals surface area (Å²) in [7, 11) is 0. The molecule has 8 heteroatoms. The van der Waals surface area contributed by atoms with Gasteiger partial charge < -0.3 is 25.3 Å². The number of urea groups is 1. The minimum Gasteiger partial charge on any atom is -0.491 e. The molecule has 32 heavy (non-hydrogen) atoms. The molecule has 2 amide bonds. The van der Waals surface area contributed by atoms with Crippen molar-refractivity contribution in [2.75, 3.05) is 49.5 Å². The predicted molar refractivity (Wildman–Crippen MR) is 126 cm³/mol. The van der Waals surface area contributed by atoms with Crippen molar-refractivity contribution in [3.8, 4) is 5.75 Å². The first-order chi connectivity index (χ1) is 15.7. The van der Waals surface area contributed by atoms with Crippen molar-refractivity contribution in [2.24, 2.45) is 5.73 Å². The number of unbranched alkanes of at least 4 members (excludes halogenated alkanes) is 1. The van der Waals surface area contributed by atoms with E-state index in [0.717, 1.165) is 81.9 Å². The number of benzene rings is 1. The number of carbonyl (C=O) groups excluding carboxylic acids is 1. The van der Waals surface area contributed by atoms with E-state index in [0.29, 0.717) is 5.69 Å². The fourth-order valence-electron chi connectivity index (χ4n) is 4.80. The SMILES string of the molecule is NC(=O)Nc1cn(CCCCN2CCN(c3cccc4c3OCC4)CC2)c2ncccc12. The molecule has 5 rings (SSSR count). The number of aromatic nitrogens is 2. The summed E-state index contributed by atoms with van der Waals surface area (Å²) >= 11 is 0. The van der Waals surface area contributed by atoms with Crippen molar-refractivity contribution in [1.29, 1.82) is 0 Å². The maximum absolute atomic E-state index is 11.3. The first kappa shape index (κ1) is 20.6. The van der Waals surface area contributed by atoms with Crippen LogP contribution in [0.15, 0.2) is 42.7 Å². The van der Waals surface area contributed by atoms with E-state index < -0.39 is 6.03 Å². The standard InChI is InChI=1S/C24H30N6O2/c25-24(31)27-20-17-30(23-19(20)6-4-9-26-23)11-2-1-10-28-12-14-29(15-13-28)21-7-3-5-18-8-16-32-22(18)21/h3-7,9,17H,1-2,8,10-16H2,(H3,25,27,31). The van der Waals surface area contributed by atoms with Crippen LogP contribution >= 0.6 is 0 Å². The summed E-state index contributed by atoms with van der Waals surface area (Å²) in [5.41, 5.74) is 9.50. The molecule has 0 saturated carbocycles. The van der Waals surface area contributed by atoms with Gasteiger partial charge >= 0.3 is 6.03 Å². The van der Waals surface area contributed by atoms with Crippen molar-refractivity contribution in [3.63, 3.8) is 0 Å². The molecule has 1 fully saturated rings. The highest BCUT2D eigenvalue weighted by Gasteiger charge is 2.23. The molecule has 2 aliphatic rings. The Morgan fingerprint density at radius 2 is 1.94 bits per heavy atom. The maximum Gasteiger partial charge on any atom is 0.316 e. The summed E-state index contributed by atoms with van der Waals surface area (Å²) in [6, 6.07) is 9.79. The average Bonchev–Trinajstić information content (AvgIpc) is 3.42. The number of para-hydroxylation sites is 1. The first-order valence-electron chi connectivity index (χ1n) is 11.4. The topological polar surface area (TPSA) is 88.7 Å². The Morgan fingerprint density at radius 1 is 1.09 bits per heavy atom. The number of rotatable bonds is 7. The summed E-state index contributed by atoms with van der Waals surface area (Å²) in [5, 5.41) is 3.62. The van der Waals surface area contributed by atoms with Gasteiger partial charge in [0.25, 0.3) is 0 Å². The predicted octanol–water partition coefficient (Wildman–Crippen LogP) is 3.06. The first-order valence-corrected chi connectivity index (χ1v) is 11.4. The van der Waals surface area contributed by atoms with Crippen molar-refractivity contribution in [2.45, 2.75) is 25.8 Å². The van der Waals surface area contributed by atoms with Gasteiger partial charge in [-0.15, -0.1) is 0 Å². The molecule has 0 spiro atoms. The second-order valence-electron chi connectivity index (χ2n) is 8.50. The number of anilines is 2. The van der Waals surface area contributed by atoms with Crippen LogP contribution in [0.2, 0.25) is 0 Å². The number of nitrogens with zero attached hydrogens (tertiary/aromatic N) is 4. The highest BCUT2D eigenvalue weighted by molar-refractivity contribution is 5.99. The molecule has 0 radical (unpaired) electrons. The highest BCUT2D eigenvalue weighted by Crippen LogP contribution is 2.36. The molecule has 1 aromatic carbocycles. The normalized spacial score (nSPS) is 16.2. The average molecular weight is 435 g/mol. The second kappa shape index (κ2) is 9.08. The van der Waals surface area contributed by atoms with Crippen LogP contribution in [0.1, 0.15) is 18.4 Å². The lowest BCUT2D eigenvalue weighted by Crippen LogP contribution is -2.46. The molecule has 4 heterocycles. The Morgan fingerprint density at radius 3 is 2.78 bits per heavy atom. The number of nitrogens with two attached hydrogens (primary N) is 1. The Kier molecular flexibility index (Phi) is 5.85. The van der Waals surface area contributed by atoms with Crippen LogP contribution in [0.4, 0.5) is 16.2 Å². The molecule has 3 N–H and O–H groups in total. The van der Waals surface area contributed by atoms with Gasteiger partial charge in [0.05, 0.1) is 18.0 Å². The Hall–Kier alpha value is -3.26. The van der Waals surface area contributed by atoms with Crippen LogP contribution in [0.5, 0.6) is 5.75 Å². The summed E-state index contributed by atoms with van der Waals surface area (Å²) in [6.07, 6.45) is 6.90. The Labute approximate surface area is 187 Å². The zero-order chi connectivity index (χ0) is 21.9. The van der Waals surface area contributed by atoms with E-state index in [-0.39, 0.29) is 0 Å². The van der Waals surface area contributed by atoms with Gasteiger partial charge in [0.15, 0.2) is 0 Å². The molecule has 3 aromatic rings. The van der Waals surface area contributed by atoms with E-state index in [2.05, 4.69) is 42.9 Å². The second-order valence-corrected chi connectivity index (χ2v) is 8.50. The minimum absolute atomic E-state index is 0.556. The summed E-state index contributed by atoms with van der Waals surface area (Å²) in [4.78, 5) is 20.8. The molecule has 168 valence electrons. The number of primary amides is 1. The maximum atomic E-state index is 11.3. The van der Waals surface area contributed by atoms with E-state index in [1.807, 2.05) is 18.3 Å². The largest absolute Gasteiger partial charge is 0.491 e. The monoisotopic (exact) mass is 434 g/mol. The fourth-order valence-corrected chi connectivity index (χ4v) is 4.80. The number of carbonyl (C=O) groups is 1. The molecule has 8 nitrogen and oxygen atoms in total.